The minimum absolute atomic E-state index is 0.0411. The smallest absolute Gasteiger partial charge is 0.192 e. The van der Waals surface area contributed by atoms with Gasteiger partial charge in [0.2, 0.25) is 0 Å². The van der Waals surface area contributed by atoms with E-state index in [1.165, 1.54) is 24.4 Å². The third kappa shape index (κ3) is 4.50. The lowest BCUT2D eigenvalue weighted by Crippen LogP contribution is -2.21. The van der Waals surface area contributed by atoms with E-state index in [0.29, 0.717) is 22.0 Å². The zero-order chi connectivity index (χ0) is 23.6. The predicted octanol–water partition coefficient (Wildman–Crippen LogP) is 4.84. The zero-order valence-corrected chi connectivity index (χ0v) is 20.6. The van der Waals surface area contributed by atoms with E-state index in [0.717, 1.165) is 30.2 Å². The lowest BCUT2D eigenvalue weighted by molar-refractivity contribution is 0.0988. The van der Waals surface area contributed by atoms with Gasteiger partial charge in [-0.15, -0.1) is 10.2 Å². The van der Waals surface area contributed by atoms with Crippen molar-refractivity contribution in [2.45, 2.75) is 51.9 Å². The molecule has 0 bridgehead atoms. The molecular weight excluding hydrogens is 422 g/mol. The molecule has 8 heteroatoms. The summed E-state index contributed by atoms with van der Waals surface area (Å²) in [4.78, 5) is 30.4. The summed E-state index contributed by atoms with van der Waals surface area (Å²) in [6.45, 7) is 13.2. The Hall–Kier alpha value is -2.87. The van der Waals surface area contributed by atoms with Gasteiger partial charge in [0.25, 0.3) is 0 Å². The Balaban J connectivity index is 1.79. The number of aromatic nitrogens is 4. The van der Waals surface area contributed by atoms with E-state index in [1.807, 2.05) is 32.4 Å². The van der Waals surface area contributed by atoms with Crippen LogP contribution in [0.15, 0.2) is 29.4 Å². The summed E-state index contributed by atoms with van der Waals surface area (Å²) in [5, 5.41) is 8.97. The second kappa shape index (κ2) is 9.73. The maximum Gasteiger partial charge on any atom is 0.192 e. The van der Waals surface area contributed by atoms with Gasteiger partial charge >= 0.3 is 0 Å². The van der Waals surface area contributed by atoms with Crippen molar-refractivity contribution in [3.63, 3.8) is 0 Å². The number of carbonyl (C=O) groups is 2. The number of hydrogen-bond donors (Lipinski definition) is 1. The van der Waals surface area contributed by atoms with E-state index in [4.69, 9.17) is 0 Å². The van der Waals surface area contributed by atoms with Gasteiger partial charge in [0.15, 0.2) is 22.5 Å². The molecule has 0 aliphatic heterocycles. The molecular formula is C24H31N5O2S. The van der Waals surface area contributed by atoms with E-state index < -0.39 is 0 Å². The number of ketones is 2. The molecule has 2 aromatic heterocycles. The highest BCUT2D eigenvalue weighted by Crippen LogP contribution is 2.29. The van der Waals surface area contributed by atoms with Crippen molar-refractivity contribution in [1.82, 2.24) is 19.7 Å². The zero-order valence-electron chi connectivity index (χ0n) is 19.8. The summed E-state index contributed by atoms with van der Waals surface area (Å²) in [5.74, 6) is 0.654. The van der Waals surface area contributed by atoms with E-state index in [-0.39, 0.29) is 16.8 Å². The SMILES string of the molecule is CCN(CC)c1ccc(-c2nnc(S[C@H](C)C(=O)c3[nH]c(C)c(C(C)=O)c3C)n2C)cc1. The lowest BCUT2D eigenvalue weighted by Gasteiger charge is -2.21. The molecule has 0 saturated carbocycles. The minimum Gasteiger partial charge on any atom is -0.372 e. The van der Waals surface area contributed by atoms with Crippen LogP contribution >= 0.6 is 11.8 Å². The van der Waals surface area contributed by atoms with Crippen LogP contribution in [0.1, 0.15) is 59.8 Å². The van der Waals surface area contributed by atoms with Crippen LogP contribution in [0.3, 0.4) is 0 Å². The van der Waals surface area contributed by atoms with Gasteiger partial charge in [-0.1, -0.05) is 11.8 Å². The van der Waals surface area contributed by atoms with Gasteiger partial charge in [-0.2, -0.15) is 0 Å². The van der Waals surface area contributed by atoms with Gasteiger partial charge in [0, 0.05) is 42.6 Å². The topological polar surface area (TPSA) is 83.9 Å². The van der Waals surface area contributed by atoms with Crippen molar-refractivity contribution in [2.75, 3.05) is 18.0 Å². The normalized spacial score (nSPS) is 12.1. The van der Waals surface area contributed by atoms with Crippen molar-refractivity contribution in [3.8, 4) is 11.4 Å². The van der Waals surface area contributed by atoms with Crippen LogP contribution in [0, 0.1) is 13.8 Å². The quantitative estimate of drug-likeness (QED) is 0.369. The molecule has 0 saturated heterocycles. The molecule has 32 heavy (non-hydrogen) atoms. The highest BCUT2D eigenvalue weighted by Gasteiger charge is 2.26. The van der Waals surface area contributed by atoms with Crippen LogP contribution in [0.5, 0.6) is 0 Å². The molecule has 2 heterocycles. The number of aromatic amines is 1. The third-order valence-corrected chi connectivity index (χ3v) is 6.91. The third-order valence-electron chi connectivity index (χ3n) is 5.78. The van der Waals surface area contributed by atoms with Crippen LogP contribution in [-0.2, 0) is 7.05 Å². The molecule has 7 nitrogen and oxygen atoms in total. The van der Waals surface area contributed by atoms with Gasteiger partial charge in [-0.25, -0.2) is 0 Å². The summed E-state index contributed by atoms with van der Waals surface area (Å²) < 4.78 is 1.91. The maximum atomic E-state index is 13.1. The molecule has 0 spiro atoms. The van der Waals surface area contributed by atoms with Crippen LogP contribution in [0.2, 0.25) is 0 Å². The number of Topliss-reactive ketones (excluding diaryl/α,β-unsaturated/α-hetero) is 2. The number of benzene rings is 1. The summed E-state index contributed by atoms with van der Waals surface area (Å²) in [7, 11) is 1.91. The lowest BCUT2D eigenvalue weighted by atomic mass is 10.0. The Kier molecular flexibility index (Phi) is 7.23. The maximum absolute atomic E-state index is 13.1. The fourth-order valence-corrected chi connectivity index (χ4v) is 4.89. The standard InChI is InChI=1S/C24H31N5O2S/c1-8-29(9-2)19-12-10-18(11-13-19)23-26-27-24(28(23)7)32-17(6)22(31)21-14(3)20(16(5)30)15(4)25-21/h10-13,17,25H,8-9H2,1-7H3/t17-/m1/s1. The first-order chi connectivity index (χ1) is 15.2. The van der Waals surface area contributed by atoms with Gasteiger partial charge in [-0.05, 0) is 71.4 Å². The number of nitrogens with one attached hydrogen (secondary N) is 1. The number of aryl methyl sites for hydroxylation is 1. The first-order valence-electron chi connectivity index (χ1n) is 10.8. The van der Waals surface area contributed by atoms with Gasteiger partial charge in [-0.3, -0.25) is 9.59 Å². The van der Waals surface area contributed by atoms with Crippen molar-refractivity contribution >= 4 is 29.0 Å². The number of hydrogen-bond acceptors (Lipinski definition) is 6. The first-order valence-corrected chi connectivity index (χ1v) is 11.7. The molecule has 0 aliphatic carbocycles. The van der Waals surface area contributed by atoms with E-state index in [2.05, 4.69) is 58.2 Å². The average molecular weight is 454 g/mol. The molecule has 1 N–H and O–H groups in total. The molecule has 170 valence electrons. The van der Waals surface area contributed by atoms with Crippen molar-refractivity contribution < 1.29 is 9.59 Å². The number of H-pyrrole nitrogens is 1. The second-order valence-corrected chi connectivity index (χ2v) is 9.20. The summed E-state index contributed by atoms with van der Waals surface area (Å²) in [6, 6.07) is 8.29. The van der Waals surface area contributed by atoms with Crippen molar-refractivity contribution in [2.24, 2.45) is 7.05 Å². The number of carbonyl (C=O) groups excluding carboxylic acids is 2. The Bertz CT molecular complexity index is 1130. The van der Waals surface area contributed by atoms with E-state index >= 15 is 0 Å². The minimum atomic E-state index is -0.382. The highest BCUT2D eigenvalue weighted by molar-refractivity contribution is 8.00. The van der Waals surface area contributed by atoms with Gasteiger partial charge in [0.05, 0.1) is 10.9 Å². The average Bonchev–Trinajstić information content (AvgIpc) is 3.27. The molecule has 0 aliphatic rings. The van der Waals surface area contributed by atoms with Crippen LogP contribution < -0.4 is 4.90 Å². The molecule has 1 aromatic carbocycles. The fourth-order valence-electron chi connectivity index (χ4n) is 4.02. The first kappa shape index (κ1) is 23.8. The Morgan fingerprint density at radius 3 is 2.28 bits per heavy atom. The second-order valence-electron chi connectivity index (χ2n) is 7.89. The number of nitrogens with zero attached hydrogens (tertiary/aromatic N) is 4. The van der Waals surface area contributed by atoms with Crippen LogP contribution in [0.25, 0.3) is 11.4 Å². The number of rotatable bonds is 9. The van der Waals surface area contributed by atoms with E-state index in [1.54, 1.807) is 0 Å². The molecule has 3 rings (SSSR count). The van der Waals surface area contributed by atoms with Crippen molar-refractivity contribution in [1.29, 1.82) is 0 Å². The van der Waals surface area contributed by atoms with Crippen LogP contribution in [0.4, 0.5) is 5.69 Å². The van der Waals surface area contributed by atoms with Gasteiger partial charge in [0.1, 0.15) is 0 Å². The molecule has 3 aromatic rings. The van der Waals surface area contributed by atoms with Crippen molar-refractivity contribution in [3.05, 3.63) is 46.8 Å². The van der Waals surface area contributed by atoms with Gasteiger partial charge < -0.3 is 14.5 Å². The molecule has 1 atom stereocenters. The summed E-state index contributed by atoms with van der Waals surface area (Å²) >= 11 is 1.36. The van der Waals surface area contributed by atoms with Crippen LogP contribution in [-0.4, -0.2) is 49.7 Å². The number of thioether (sulfide) groups is 1. The molecule has 0 fully saturated rings. The molecule has 0 radical (unpaired) electrons. The molecule has 0 amide bonds. The Morgan fingerprint density at radius 2 is 1.75 bits per heavy atom. The van der Waals surface area contributed by atoms with E-state index in [9.17, 15) is 9.59 Å². The summed E-state index contributed by atoms with van der Waals surface area (Å²) in [5.41, 5.74) is 4.67. The Morgan fingerprint density at radius 1 is 1.12 bits per heavy atom. The number of anilines is 1. The Labute approximate surface area is 193 Å². The molecule has 0 unspecified atom stereocenters. The highest BCUT2D eigenvalue weighted by atomic mass is 32.2. The fraction of sp³-hybridized carbons (Fsp3) is 0.417. The summed E-state index contributed by atoms with van der Waals surface area (Å²) in [6.07, 6.45) is 0. The largest absolute Gasteiger partial charge is 0.372 e. The monoisotopic (exact) mass is 453 g/mol. The predicted molar refractivity (Wildman–Crippen MR) is 130 cm³/mol.